The molecule has 1 aliphatic rings. The molecule has 0 aliphatic carbocycles. The molecular formula is C8H17NO2S2. The van der Waals surface area contributed by atoms with Crippen LogP contribution in [0.3, 0.4) is 0 Å². The van der Waals surface area contributed by atoms with Gasteiger partial charge in [-0.1, -0.05) is 0 Å². The van der Waals surface area contributed by atoms with Gasteiger partial charge in [0.25, 0.3) is 0 Å². The molecule has 1 rings (SSSR count). The lowest BCUT2D eigenvalue weighted by Crippen LogP contribution is -2.33. The molecule has 78 valence electrons. The summed E-state index contributed by atoms with van der Waals surface area (Å²) < 4.78 is 22.1. The molecule has 5 heteroatoms. The summed E-state index contributed by atoms with van der Waals surface area (Å²) >= 11 is 1.84. The van der Waals surface area contributed by atoms with Crippen molar-refractivity contribution in [1.82, 2.24) is 0 Å². The first-order valence-corrected chi connectivity index (χ1v) is 7.54. The van der Waals surface area contributed by atoms with Crippen LogP contribution in [0.1, 0.15) is 19.3 Å². The third-order valence-corrected chi connectivity index (χ3v) is 5.11. The first kappa shape index (κ1) is 11.3. The van der Waals surface area contributed by atoms with Gasteiger partial charge in [0.15, 0.2) is 0 Å². The maximum atomic E-state index is 11.0. The molecule has 1 atom stereocenters. The van der Waals surface area contributed by atoms with Crippen LogP contribution in [0.5, 0.6) is 0 Å². The van der Waals surface area contributed by atoms with Crippen LogP contribution in [0.2, 0.25) is 0 Å². The Morgan fingerprint density at radius 2 is 2.23 bits per heavy atom. The summed E-state index contributed by atoms with van der Waals surface area (Å²) in [5.41, 5.74) is 5.68. The van der Waals surface area contributed by atoms with Crippen molar-refractivity contribution < 1.29 is 8.42 Å². The Morgan fingerprint density at radius 3 is 2.62 bits per heavy atom. The Hall–Kier alpha value is 0.260. The number of sulfone groups is 1. The lowest BCUT2D eigenvalue weighted by atomic mass is 10.0. The molecule has 1 unspecified atom stereocenters. The SMILES string of the molecule is CS(=O)(=O)CCC1(CN)CCCS1. The molecule has 0 aromatic carbocycles. The quantitative estimate of drug-likeness (QED) is 0.760. The normalized spacial score (nSPS) is 29.4. The molecule has 0 saturated carbocycles. The highest BCUT2D eigenvalue weighted by Gasteiger charge is 2.33. The van der Waals surface area contributed by atoms with Crippen molar-refractivity contribution in [2.75, 3.05) is 24.3 Å². The smallest absolute Gasteiger partial charge is 0.147 e. The Labute approximate surface area is 84.4 Å². The Kier molecular flexibility index (Phi) is 3.65. The molecule has 1 aliphatic heterocycles. The van der Waals surface area contributed by atoms with Gasteiger partial charge in [-0.15, -0.1) is 0 Å². The highest BCUT2D eigenvalue weighted by molar-refractivity contribution is 8.01. The highest BCUT2D eigenvalue weighted by Crippen LogP contribution is 2.40. The minimum atomic E-state index is -2.83. The Morgan fingerprint density at radius 1 is 1.54 bits per heavy atom. The molecule has 3 nitrogen and oxygen atoms in total. The van der Waals surface area contributed by atoms with E-state index in [-0.39, 0.29) is 10.5 Å². The van der Waals surface area contributed by atoms with Gasteiger partial charge in [-0.05, 0) is 25.0 Å². The third-order valence-electron chi connectivity index (χ3n) is 2.49. The fourth-order valence-electron chi connectivity index (χ4n) is 1.59. The minimum absolute atomic E-state index is 0.0586. The van der Waals surface area contributed by atoms with E-state index >= 15 is 0 Å². The monoisotopic (exact) mass is 223 g/mol. The maximum Gasteiger partial charge on any atom is 0.147 e. The van der Waals surface area contributed by atoms with Crippen molar-refractivity contribution in [3.63, 3.8) is 0 Å². The third kappa shape index (κ3) is 3.48. The van der Waals surface area contributed by atoms with Gasteiger partial charge in [-0.2, -0.15) is 11.8 Å². The maximum absolute atomic E-state index is 11.0. The fourth-order valence-corrected chi connectivity index (χ4v) is 3.85. The average molecular weight is 223 g/mol. The molecular weight excluding hydrogens is 206 g/mol. The van der Waals surface area contributed by atoms with Crippen molar-refractivity contribution in [3.8, 4) is 0 Å². The standard InChI is InChI=1S/C8H17NO2S2/c1-13(10,11)6-4-8(7-9)3-2-5-12-8/h2-7,9H2,1H3. The van der Waals surface area contributed by atoms with E-state index in [1.165, 1.54) is 12.7 Å². The van der Waals surface area contributed by atoms with Crippen LogP contribution in [-0.4, -0.2) is 37.5 Å². The largest absolute Gasteiger partial charge is 0.329 e. The van der Waals surface area contributed by atoms with Crippen molar-refractivity contribution in [2.45, 2.75) is 24.0 Å². The van der Waals surface area contributed by atoms with Gasteiger partial charge in [0.1, 0.15) is 9.84 Å². The lowest BCUT2D eigenvalue weighted by molar-refractivity contribution is 0.541. The Bertz CT molecular complexity index is 255. The second-order valence-electron chi connectivity index (χ2n) is 3.72. The molecule has 0 bridgehead atoms. The van der Waals surface area contributed by atoms with E-state index in [2.05, 4.69) is 0 Å². The van der Waals surface area contributed by atoms with Crippen molar-refractivity contribution >= 4 is 21.6 Å². The first-order chi connectivity index (χ1) is 5.97. The van der Waals surface area contributed by atoms with E-state index in [1.54, 1.807) is 0 Å². The van der Waals surface area contributed by atoms with Gasteiger partial charge in [-0.25, -0.2) is 8.42 Å². The Balaban J connectivity index is 2.50. The molecule has 13 heavy (non-hydrogen) atoms. The van der Waals surface area contributed by atoms with E-state index in [4.69, 9.17) is 5.73 Å². The molecule has 0 spiro atoms. The summed E-state index contributed by atoms with van der Waals surface area (Å²) in [6.07, 6.45) is 4.25. The summed E-state index contributed by atoms with van der Waals surface area (Å²) in [5.74, 6) is 1.40. The topological polar surface area (TPSA) is 60.2 Å². The number of hydrogen-bond donors (Lipinski definition) is 1. The van der Waals surface area contributed by atoms with Crippen LogP contribution in [-0.2, 0) is 9.84 Å². The fraction of sp³-hybridized carbons (Fsp3) is 1.00. The van der Waals surface area contributed by atoms with Gasteiger partial charge < -0.3 is 5.73 Å². The average Bonchev–Trinajstić information content (AvgIpc) is 2.49. The second kappa shape index (κ2) is 4.19. The van der Waals surface area contributed by atoms with Gasteiger partial charge in [-0.3, -0.25) is 0 Å². The summed E-state index contributed by atoms with van der Waals surface area (Å²) in [6, 6.07) is 0. The van der Waals surface area contributed by atoms with Gasteiger partial charge in [0.05, 0.1) is 5.75 Å². The minimum Gasteiger partial charge on any atom is -0.329 e. The summed E-state index contributed by atoms with van der Waals surface area (Å²) in [4.78, 5) is 0. The zero-order chi connectivity index (χ0) is 9.95. The zero-order valence-corrected chi connectivity index (χ0v) is 9.59. The summed E-state index contributed by atoms with van der Waals surface area (Å²) in [6.45, 7) is 0.604. The molecule has 0 amide bonds. The van der Waals surface area contributed by atoms with E-state index < -0.39 is 9.84 Å². The number of rotatable bonds is 4. The van der Waals surface area contributed by atoms with Gasteiger partial charge >= 0.3 is 0 Å². The van der Waals surface area contributed by atoms with Crippen LogP contribution < -0.4 is 5.73 Å². The number of thioether (sulfide) groups is 1. The molecule has 0 radical (unpaired) electrons. The predicted octanol–water partition coefficient (Wildman–Crippen LogP) is 0.646. The first-order valence-electron chi connectivity index (χ1n) is 4.49. The summed E-state index contributed by atoms with van der Waals surface area (Å²) in [7, 11) is -2.83. The van der Waals surface area contributed by atoms with Crippen LogP contribution >= 0.6 is 11.8 Å². The van der Waals surface area contributed by atoms with E-state index in [1.807, 2.05) is 11.8 Å². The van der Waals surface area contributed by atoms with Crippen LogP contribution in [0, 0.1) is 0 Å². The van der Waals surface area contributed by atoms with Crippen LogP contribution in [0.15, 0.2) is 0 Å². The molecule has 0 aromatic rings. The molecule has 1 saturated heterocycles. The predicted molar refractivity (Wildman–Crippen MR) is 57.8 cm³/mol. The van der Waals surface area contributed by atoms with Crippen molar-refractivity contribution in [2.24, 2.45) is 5.73 Å². The van der Waals surface area contributed by atoms with Gasteiger partial charge in [0.2, 0.25) is 0 Å². The van der Waals surface area contributed by atoms with E-state index in [0.717, 1.165) is 12.2 Å². The van der Waals surface area contributed by atoms with E-state index in [0.29, 0.717) is 13.0 Å². The lowest BCUT2D eigenvalue weighted by Gasteiger charge is -2.25. The summed E-state index contributed by atoms with van der Waals surface area (Å²) in [5, 5.41) is 0. The highest BCUT2D eigenvalue weighted by atomic mass is 32.2. The molecule has 0 aromatic heterocycles. The second-order valence-corrected chi connectivity index (χ2v) is 7.54. The van der Waals surface area contributed by atoms with Gasteiger partial charge in [0, 0.05) is 17.5 Å². The number of hydrogen-bond acceptors (Lipinski definition) is 4. The van der Waals surface area contributed by atoms with E-state index in [9.17, 15) is 8.42 Å². The number of nitrogens with two attached hydrogens (primary N) is 1. The van der Waals surface area contributed by atoms with Crippen LogP contribution in [0.25, 0.3) is 0 Å². The van der Waals surface area contributed by atoms with Crippen molar-refractivity contribution in [1.29, 1.82) is 0 Å². The molecule has 2 N–H and O–H groups in total. The van der Waals surface area contributed by atoms with Crippen LogP contribution in [0.4, 0.5) is 0 Å². The molecule has 1 heterocycles. The zero-order valence-electron chi connectivity index (χ0n) is 7.95. The van der Waals surface area contributed by atoms with Crippen molar-refractivity contribution in [3.05, 3.63) is 0 Å². The molecule has 1 fully saturated rings.